The van der Waals surface area contributed by atoms with Gasteiger partial charge in [-0.25, -0.2) is 0 Å². The summed E-state index contributed by atoms with van der Waals surface area (Å²) in [5, 5.41) is 3.57. The first-order valence-electron chi connectivity index (χ1n) is 13.5. The number of hydrogen-bond donors (Lipinski definition) is 1. The van der Waals surface area contributed by atoms with E-state index < -0.39 is 0 Å². The van der Waals surface area contributed by atoms with E-state index in [4.69, 9.17) is 0 Å². The Kier molecular flexibility index (Phi) is 10.2. The Morgan fingerprint density at radius 2 is 1.41 bits per heavy atom. The van der Waals surface area contributed by atoms with Crippen molar-refractivity contribution in [2.75, 3.05) is 11.9 Å². The Morgan fingerprint density at radius 3 is 2.03 bits per heavy atom. The highest BCUT2D eigenvalue weighted by Gasteiger charge is 2.23. The second-order valence-electron chi connectivity index (χ2n) is 10.3. The van der Waals surface area contributed by atoms with E-state index in [0.717, 1.165) is 31.2 Å². The third-order valence-corrected chi connectivity index (χ3v) is 7.68. The van der Waals surface area contributed by atoms with Gasteiger partial charge in [-0.2, -0.15) is 0 Å². The third-order valence-electron chi connectivity index (χ3n) is 7.68. The summed E-state index contributed by atoms with van der Waals surface area (Å²) in [6, 6.07) is 14.3. The molecule has 1 saturated carbocycles. The number of unbranched alkanes of at least 4 members (excludes halogenated alkanes) is 3. The molecule has 1 nitrogen and oxygen atoms in total. The summed E-state index contributed by atoms with van der Waals surface area (Å²) >= 11 is 0. The minimum atomic E-state index is 0.793. The standard InChI is InChI=1S/C31H47N/c1-5-7-9-10-26-13-17-29(18-14-26)30-19-15-27(22-24(30)3)11-12-28-16-20-31(25(4)23-28)32-21-8-6-2/h15-16,19-20,22-23,26,29,32H,5-14,17-18,21H2,1-4H3/t26-,29-. The van der Waals surface area contributed by atoms with E-state index in [1.165, 1.54) is 92.1 Å². The molecule has 32 heavy (non-hydrogen) atoms. The SMILES string of the molecule is CCCCC[C@H]1CC[C@H](c2ccc(CCc3ccc(NCCCC)c(C)c3)cc2C)CC1. The molecule has 0 aromatic heterocycles. The summed E-state index contributed by atoms with van der Waals surface area (Å²) in [6.07, 6.45) is 16.1. The Morgan fingerprint density at radius 1 is 0.750 bits per heavy atom. The van der Waals surface area contributed by atoms with E-state index in [0.29, 0.717) is 0 Å². The molecule has 1 N–H and O–H groups in total. The molecule has 0 aliphatic heterocycles. The van der Waals surface area contributed by atoms with Crippen LogP contribution in [0, 0.1) is 19.8 Å². The molecule has 1 aliphatic rings. The fraction of sp³-hybridized carbons (Fsp3) is 0.613. The Balaban J connectivity index is 1.50. The molecule has 1 aliphatic carbocycles. The highest BCUT2D eigenvalue weighted by Crippen LogP contribution is 2.39. The highest BCUT2D eigenvalue weighted by molar-refractivity contribution is 5.52. The van der Waals surface area contributed by atoms with Gasteiger partial charge in [0.2, 0.25) is 0 Å². The van der Waals surface area contributed by atoms with Gasteiger partial charge in [-0.1, -0.05) is 76.3 Å². The van der Waals surface area contributed by atoms with Gasteiger partial charge >= 0.3 is 0 Å². The van der Waals surface area contributed by atoms with E-state index in [1.54, 1.807) is 5.56 Å². The van der Waals surface area contributed by atoms with Crippen molar-refractivity contribution in [1.29, 1.82) is 0 Å². The van der Waals surface area contributed by atoms with Crippen molar-refractivity contribution in [3.63, 3.8) is 0 Å². The second kappa shape index (κ2) is 13.1. The summed E-state index contributed by atoms with van der Waals surface area (Å²) in [6.45, 7) is 10.2. The van der Waals surface area contributed by atoms with Gasteiger partial charge in [-0.05, 0) is 105 Å². The zero-order chi connectivity index (χ0) is 22.8. The van der Waals surface area contributed by atoms with Crippen molar-refractivity contribution in [3.05, 3.63) is 64.2 Å². The summed E-state index contributed by atoms with van der Waals surface area (Å²) in [5.41, 5.74) is 8.74. The number of rotatable bonds is 12. The summed E-state index contributed by atoms with van der Waals surface area (Å²) in [5.74, 6) is 1.79. The Hall–Kier alpha value is -1.76. The van der Waals surface area contributed by atoms with Crippen LogP contribution in [-0.4, -0.2) is 6.54 Å². The van der Waals surface area contributed by atoms with Crippen molar-refractivity contribution in [3.8, 4) is 0 Å². The summed E-state index contributed by atoms with van der Waals surface area (Å²) < 4.78 is 0. The molecule has 1 fully saturated rings. The lowest BCUT2D eigenvalue weighted by Crippen LogP contribution is -2.14. The van der Waals surface area contributed by atoms with Gasteiger partial charge in [0.25, 0.3) is 0 Å². The highest BCUT2D eigenvalue weighted by atomic mass is 14.9. The van der Waals surface area contributed by atoms with Crippen LogP contribution in [0.5, 0.6) is 0 Å². The van der Waals surface area contributed by atoms with Gasteiger partial charge in [0, 0.05) is 12.2 Å². The van der Waals surface area contributed by atoms with Crippen LogP contribution in [0.1, 0.15) is 112 Å². The molecule has 0 unspecified atom stereocenters. The van der Waals surface area contributed by atoms with E-state index >= 15 is 0 Å². The maximum atomic E-state index is 3.57. The largest absolute Gasteiger partial charge is 0.385 e. The van der Waals surface area contributed by atoms with Crippen LogP contribution in [0.25, 0.3) is 0 Å². The monoisotopic (exact) mass is 433 g/mol. The van der Waals surface area contributed by atoms with Gasteiger partial charge < -0.3 is 5.32 Å². The molecule has 0 spiro atoms. The minimum absolute atomic E-state index is 0.793. The van der Waals surface area contributed by atoms with Crippen LogP contribution < -0.4 is 5.32 Å². The molecule has 0 bridgehead atoms. The van der Waals surface area contributed by atoms with Gasteiger partial charge in [-0.15, -0.1) is 0 Å². The van der Waals surface area contributed by atoms with Crippen molar-refractivity contribution < 1.29 is 0 Å². The lowest BCUT2D eigenvalue weighted by Gasteiger charge is -2.30. The van der Waals surface area contributed by atoms with Crippen LogP contribution in [0.15, 0.2) is 36.4 Å². The average molecular weight is 434 g/mol. The smallest absolute Gasteiger partial charge is 0.0370 e. The molecule has 1 heteroatoms. The molecule has 3 rings (SSSR count). The first-order valence-corrected chi connectivity index (χ1v) is 13.5. The van der Waals surface area contributed by atoms with Crippen LogP contribution in [-0.2, 0) is 12.8 Å². The fourth-order valence-corrected chi connectivity index (χ4v) is 5.56. The van der Waals surface area contributed by atoms with Crippen LogP contribution in [0.3, 0.4) is 0 Å². The molecule has 0 radical (unpaired) electrons. The number of nitrogens with one attached hydrogen (secondary N) is 1. The minimum Gasteiger partial charge on any atom is -0.385 e. The van der Waals surface area contributed by atoms with Crippen molar-refractivity contribution in [1.82, 2.24) is 0 Å². The van der Waals surface area contributed by atoms with Crippen molar-refractivity contribution >= 4 is 5.69 Å². The number of anilines is 1. The van der Waals surface area contributed by atoms with Crippen LogP contribution in [0.4, 0.5) is 5.69 Å². The lowest BCUT2D eigenvalue weighted by atomic mass is 9.76. The first-order chi connectivity index (χ1) is 15.6. The number of benzene rings is 2. The molecule has 0 saturated heterocycles. The molecule has 2 aromatic carbocycles. The Bertz CT molecular complexity index is 813. The molecule has 176 valence electrons. The average Bonchev–Trinajstić information content (AvgIpc) is 2.80. The third kappa shape index (κ3) is 7.39. The molecule has 0 heterocycles. The zero-order valence-corrected chi connectivity index (χ0v) is 21.3. The van der Waals surface area contributed by atoms with E-state index in [1.807, 2.05) is 0 Å². The number of hydrogen-bond acceptors (Lipinski definition) is 1. The predicted octanol–water partition coefficient (Wildman–Crippen LogP) is 9.15. The first kappa shape index (κ1) is 24.9. The molecular formula is C31H47N. The molecule has 2 aromatic rings. The molecule has 0 atom stereocenters. The summed E-state index contributed by atoms with van der Waals surface area (Å²) in [7, 11) is 0. The van der Waals surface area contributed by atoms with Gasteiger partial charge in [0.15, 0.2) is 0 Å². The van der Waals surface area contributed by atoms with Crippen molar-refractivity contribution in [2.24, 2.45) is 5.92 Å². The molecule has 0 amide bonds. The Labute approximate surface area is 198 Å². The lowest BCUT2D eigenvalue weighted by molar-refractivity contribution is 0.302. The van der Waals surface area contributed by atoms with E-state index in [-0.39, 0.29) is 0 Å². The summed E-state index contributed by atoms with van der Waals surface area (Å²) in [4.78, 5) is 0. The van der Waals surface area contributed by atoms with Crippen molar-refractivity contribution in [2.45, 2.75) is 111 Å². The topological polar surface area (TPSA) is 12.0 Å². The maximum absolute atomic E-state index is 3.57. The second-order valence-corrected chi connectivity index (χ2v) is 10.3. The molecular weight excluding hydrogens is 386 g/mol. The quantitative estimate of drug-likeness (QED) is 0.329. The van der Waals surface area contributed by atoms with Gasteiger partial charge in [0.1, 0.15) is 0 Å². The number of aryl methyl sites for hydroxylation is 4. The maximum Gasteiger partial charge on any atom is 0.0370 e. The van der Waals surface area contributed by atoms with Gasteiger partial charge in [-0.3, -0.25) is 0 Å². The van der Waals surface area contributed by atoms with Crippen LogP contribution >= 0.6 is 0 Å². The zero-order valence-electron chi connectivity index (χ0n) is 21.3. The van der Waals surface area contributed by atoms with E-state index in [2.05, 4.69) is 69.4 Å². The predicted molar refractivity (Wildman–Crippen MR) is 142 cm³/mol. The normalized spacial score (nSPS) is 18.6. The fourth-order valence-electron chi connectivity index (χ4n) is 5.56. The van der Waals surface area contributed by atoms with Crippen LogP contribution in [0.2, 0.25) is 0 Å². The van der Waals surface area contributed by atoms with E-state index in [9.17, 15) is 0 Å². The van der Waals surface area contributed by atoms with Gasteiger partial charge in [0.05, 0.1) is 0 Å².